The van der Waals surface area contributed by atoms with Gasteiger partial charge in [0.1, 0.15) is 5.76 Å². The fourth-order valence-corrected chi connectivity index (χ4v) is 1.82. The maximum atomic E-state index is 12.1. The van der Waals surface area contributed by atoms with Crippen molar-refractivity contribution < 1.29 is 9.21 Å². The van der Waals surface area contributed by atoms with Gasteiger partial charge in [-0.05, 0) is 31.2 Å². The second-order valence-corrected chi connectivity index (χ2v) is 4.28. The van der Waals surface area contributed by atoms with E-state index in [2.05, 4.69) is 10.7 Å². The molecule has 0 aliphatic rings. The van der Waals surface area contributed by atoms with E-state index in [0.717, 1.165) is 11.3 Å². The third-order valence-corrected chi connectivity index (χ3v) is 2.81. The zero-order valence-corrected chi connectivity index (χ0v) is 10.8. The van der Waals surface area contributed by atoms with Crippen molar-refractivity contribution >= 4 is 11.6 Å². The van der Waals surface area contributed by atoms with Crippen molar-refractivity contribution in [3.8, 4) is 0 Å². The molecule has 1 aromatic heterocycles. The Morgan fingerprint density at radius 1 is 1.37 bits per heavy atom. The number of carbonyl (C=O) groups excluding carboxylic acids is 1. The van der Waals surface area contributed by atoms with Crippen molar-refractivity contribution in [2.24, 2.45) is 5.84 Å². The van der Waals surface area contributed by atoms with E-state index in [1.54, 1.807) is 18.4 Å². The number of nitrogens with one attached hydrogen (secondary N) is 2. The molecular formula is C14H17N3O2. The van der Waals surface area contributed by atoms with E-state index in [1.807, 2.05) is 25.1 Å². The number of hydrazine groups is 1. The number of anilines is 1. The van der Waals surface area contributed by atoms with Gasteiger partial charge in [0, 0.05) is 13.0 Å². The molecule has 2 aromatic rings. The molecule has 4 N–H and O–H groups in total. The van der Waals surface area contributed by atoms with E-state index in [1.165, 1.54) is 0 Å². The smallest absolute Gasteiger partial charge is 0.253 e. The van der Waals surface area contributed by atoms with Crippen LogP contribution in [0, 0.1) is 6.92 Å². The molecule has 0 fully saturated rings. The first kappa shape index (κ1) is 13.2. The maximum absolute atomic E-state index is 12.1. The standard InChI is InChI=1S/C14H17N3O2/c1-10-4-5-13(17-15)12(9-10)14(18)16-7-6-11-3-2-8-19-11/h2-5,8-9,17H,6-7,15H2,1H3,(H,16,18). The van der Waals surface area contributed by atoms with Crippen LogP contribution in [0.15, 0.2) is 41.0 Å². The highest BCUT2D eigenvalue weighted by Gasteiger charge is 2.10. The summed E-state index contributed by atoms with van der Waals surface area (Å²) in [6.07, 6.45) is 2.28. The summed E-state index contributed by atoms with van der Waals surface area (Å²) in [5.41, 5.74) is 4.69. The van der Waals surface area contributed by atoms with Crippen molar-refractivity contribution in [3.63, 3.8) is 0 Å². The summed E-state index contributed by atoms with van der Waals surface area (Å²) in [5.74, 6) is 6.10. The van der Waals surface area contributed by atoms with Crippen molar-refractivity contribution in [1.29, 1.82) is 0 Å². The molecule has 100 valence electrons. The molecule has 0 bridgehead atoms. The number of aryl methyl sites for hydroxylation is 1. The second-order valence-electron chi connectivity index (χ2n) is 4.28. The molecule has 5 heteroatoms. The molecule has 0 saturated carbocycles. The minimum atomic E-state index is -0.150. The number of carbonyl (C=O) groups is 1. The predicted octanol–water partition coefficient (Wildman–Crippen LogP) is 1.85. The van der Waals surface area contributed by atoms with Crippen molar-refractivity contribution in [3.05, 3.63) is 53.5 Å². The zero-order valence-electron chi connectivity index (χ0n) is 10.8. The lowest BCUT2D eigenvalue weighted by atomic mass is 10.1. The number of hydrogen-bond donors (Lipinski definition) is 3. The number of rotatable bonds is 5. The number of furan rings is 1. The summed E-state index contributed by atoms with van der Waals surface area (Å²) in [7, 11) is 0. The molecule has 19 heavy (non-hydrogen) atoms. The van der Waals surface area contributed by atoms with Gasteiger partial charge in [0.2, 0.25) is 0 Å². The quantitative estimate of drug-likeness (QED) is 0.565. The summed E-state index contributed by atoms with van der Waals surface area (Å²) < 4.78 is 5.20. The normalized spacial score (nSPS) is 10.2. The molecule has 0 atom stereocenters. The summed E-state index contributed by atoms with van der Waals surface area (Å²) in [6, 6.07) is 9.20. The first-order chi connectivity index (χ1) is 9.20. The van der Waals surface area contributed by atoms with Gasteiger partial charge >= 0.3 is 0 Å². The highest BCUT2D eigenvalue weighted by atomic mass is 16.3. The summed E-state index contributed by atoms with van der Waals surface area (Å²) >= 11 is 0. The minimum Gasteiger partial charge on any atom is -0.469 e. The number of amides is 1. The Morgan fingerprint density at radius 2 is 2.21 bits per heavy atom. The van der Waals surface area contributed by atoms with E-state index in [9.17, 15) is 4.79 Å². The maximum Gasteiger partial charge on any atom is 0.253 e. The average Bonchev–Trinajstić information content (AvgIpc) is 2.91. The number of nitrogens with two attached hydrogens (primary N) is 1. The first-order valence-corrected chi connectivity index (χ1v) is 6.08. The van der Waals surface area contributed by atoms with Crippen LogP contribution in [0.4, 0.5) is 5.69 Å². The van der Waals surface area contributed by atoms with Crippen molar-refractivity contribution in [2.75, 3.05) is 12.0 Å². The molecule has 0 aliphatic carbocycles. The largest absolute Gasteiger partial charge is 0.469 e. The Labute approximate surface area is 111 Å². The Kier molecular flexibility index (Phi) is 4.20. The van der Waals surface area contributed by atoms with Gasteiger partial charge in [-0.25, -0.2) is 0 Å². The summed E-state index contributed by atoms with van der Waals surface area (Å²) in [6.45, 7) is 2.45. The van der Waals surface area contributed by atoms with Gasteiger partial charge in [-0.2, -0.15) is 0 Å². The molecule has 0 saturated heterocycles. The monoisotopic (exact) mass is 259 g/mol. The van der Waals surface area contributed by atoms with Crippen LogP contribution >= 0.6 is 0 Å². The summed E-state index contributed by atoms with van der Waals surface area (Å²) in [5, 5.41) is 2.84. The number of hydrogen-bond acceptors (Lipinski definition) is 4. The first-order valence-electron chi connectivity index (χ1n) is 6.08. The van der Waals surface area contributed by atoms with Crippen LogP contribution in [0.25, 0.3) is 0 Å². The molecule has 1 heterocycles. The lowest BCUT2D eigenvalue weighted by Crippen LogP contribution is -2.27. The fraction of sp³-hybridized carbons (Fsp3) is 0.214. The Bertz CT molecular complexity index is 550. The van der Waals surface area contributed by atoms with Gasteiger partial charge < -0.3 is 15.2 Å². The van der Waals surface area contributed by atoms with Crippen molar-refractivity contribution in [1.82, 2.24) is 5.32 Å². The van der Waals surface area contributed by atoms with Crippen LogP contribution in [0.3, 0.4) is 0 Å². The van der Waals surface area contributed by atoms with Crippen LogP contribution in [-0.4, -0.2) is 12.5 Å². The molecule has 0 spiro atoms. The molecule has 0 aliphatic heterocycles. The number of nitrogen functional groups attached to an aromatic ring is 1. The third-order valence-electron chi connectivity index (χ3n) is 2.81. The van der Waals surface area contributed by atoms with Crippen LogP contribution < -0.4 is 16.6 Å². The van der Waals surface area contributed by atoms with Crippen molar-refractivity contribution in [2.45, 2.75) is 13.3 Å². The molecule has 0 unspecified atom stereocenters. The van der Waals surface area contributed by atoms with E-state index in [4.69, 9.17) is 10.3 Å². The van der Waals surface area contributed by atoms with E-state index in [-0.39, 0.29) is 5.91 Å². The molecule has 1 amide bonds. The van der Waals surface area contributed by atoms with Crippen LogP contribution in [0.1, 0.15) is 21.7 Å². The third kappa shape index (κ3) is 3.35. The van der Waals surface area contributed by atoms with Gasteiger partial charge in [-0.1, -0.05) is 11.6 Å². The van der Waals surface area contributed by atoms with E-state index >= 15 is 0 Å². The van der Waals surface area contributed by atoms with Gasteiger partial charge in [0.05, 0.1) is 17.5 Å². The molecule has 0 radical (unpaired) electrons. The Morgan fingerprint density at radius 3 is 2.89 bits per heavy atom. The number of benzene rings is 1. The lowest BCUT2D eigenvalue weighted by Gasteiger charge is -2.10. The van der Waals surface area contributed by atoms with E-state index < -0.39 is 0 Å². The highest BCUT2D eigenvalue weighted by Crippen LogP contribution is 2.16. The Balaban J connectivity index is 1.97. The Hall–Kier alpha value is -2.27. The van der Waals surface area contributed by atoms with Crippen LogP contribution in [-0.2, 0) is 6.42 Å². The SMILES string of the molecule is Cc1ccc(NN)c(C(=O)NCCc2ccco2)c1. The topological polar surface area (TPSA) is 80.3 Å². The lowest BCUT2D eigenvalue weighted by molar-refractivity contribution is 0.0954. The van der Waals surface area contributed by atoms with E-state index in [0.29, 0.717) is 24.2 Å². The van der Waals surface area contributed by atoms with Gasteiger partial charge in [-0.3, -0.25) is 10.6 Å². The molecule has 2 rings (SSSR count). The molecular weight excluding hydrogens is 242 g/mol. The van der Waals surface area contributed by atoms with Gasteiger partial charge in [0.25, 0.3) is 5.91 Å². The predicted molar refractivity (Wildman–Crippen MR) is 73.7 cm³/mol. The fourth-order valence-electron chi connectivity index (χ4n) is 1.82. The zero-order chi connectivity index (χ0) is 13.7. The van der Waals surface area contributed by atoms with Gasteiger partial charge in [-0.15, -0.1) is 0 Å². The summed E-state index contributed by atoms with van der Waals surface area (Å²) in [4.78, 5) is 12.1. The highest BCUT2D eigenvalue weighted by molar-refractivity contribution is 5.99. The average molecular weight is 259 g/mol. The van der Waals surface area contributed by atoms with Crippen LogP contribution in [0.2, 0.25) is 0 Å². The minimum absolute atomic E-state index is 0.150. The van der Waals surface area contributed by atoms with Gasteiger partial charge in [0.15, 0.2) is 0 Å². The molecule has 5 nitrogen and oxygen atoms in total. The second kappa shape index (κ2) is 6.06. The van der Waals surface area contributed by atoms with Crippen LogP contribution in [0.5, 0.6) is 0 Å². The molecule has 1 aromatic carbocycles.